The molecule has 0 heterocycles. The van der Waals surface area contributed by atoms with E-state index in [0.717, 1.165) is 31.1 Å². The van der Waals surface area contributed by atoms with E-state index in [9.17, 15) is 8.42 Å². The highest BCUT2D eigenvalue weighted by Gasteiger charge is 2.08. The maximum Gasteiger partial charge on any atom is 0.306 e. The molecule has 1 aromatic carbocycles. The van der Waals surface area contributed by atoms with E-state index in [0.29, 0.717) is 5.75 Å². The Morgan fingerprint density at radius 3 is 2.53 bits per heavy atom. The lowest BCUT2D eigenvalue weighted by molar-refractivity contribution is 0.489. The Labute approximate surface area is 91.2 Å². The molecule has 0 aliphatic rings. The van der Waals surface area contributed by atoms with Crippen LogP contribution in [0.3, 0.4) is 0 Å². The molecule has 1 rings (SSSR count). The number of aryl methyl sites for hydroxylation is 1. The molecule has 0 spiro atoms. The first-order chi connectivity index (χ1) is 7.03. The summed E-state index contributed by atoms with van der Waals surface area (Å²) < 4.78 is 26.9. The van der Waals surface area contributed by atoms with Gasteiger partial charge in [0.15, 0.2) is 0 Å². The Morgan fingerprint density at radius 1 is 1.27 bits per heavy atom. The minimum absolute atomic E-state index is 0.452. The zero-order valence-corrected chi connectivity index (χ0v) is 9.88. The summed E-state index contributed by atoms with van der Waals surface area (Å²) in [6, 6.07) is 7.25. The van der Waals surface area contributed by atoms with E-state index in [1.54, 1.807) is 12.1 Å². The van der Waals surface area contributed by atoms with E-state index < -0.39 is 10.1 Å². The monoisotopic (exact) mass is 228 g/mol. The minimum Gasteiger partial charge on any atom is -0.382 e. The summed E-state index contributed by atoms with van der Waals surface area (Å²) in [6.45, 7) is 2.10. The van der Waals surface area contributed by atoms with Crippen molar-refractivity contribution in [2.24, 2.45) is 0 Å². The molecule has 0 bridgehead atoms. The lowest BCUT2D eigenvalue weighted by Crippen LogP contribution is -2.07. The van der Waals surface area contributed by atoms with Crippen molar-refractivity contribution in [2.45, 2.75) is 26.2 Å². The van der Waals surface area contributed by atoms with E-state index in [2.05, 4.69) is 6.92 Å². The van der Waals surface area contributed by atoms with E-state index in [-0.39, 0.29) is 0 Å². The predicted octanol–water partition coefficient (Wildman–Crippen LogP) is 2.37. The summed E-state index contributed by atoms with van der Waals surface area (Å²) in [5.74, 6) is 0.452. The molecule has 0 aliphatic heterocycles. The molecule has 0 saturated heterocycles. The maximum atomic E-state index is 11.0. The van der Waals surface area contributed by atoms with Crippen LogP contribution in [0, 0.1) is 0 Å². The summed E-state index contributed by atoms with van der Waals surface area (Å²) in [6.07, 6.45) is 4.02. The van der Waals surface area contributed by atoms with Crippen LogP contribution in [0.1, 0.15) is 25.3 Å². The molecule has 0 fully saturated rings. The van der Waals surface area contributed by atoms with Gasteiger partial charge in [-0.15, -0.1) is 0 Å². The van der Waals surface area contributed by atoms with Gasteiger partial charge in [-0.05, 0) is 24.5 Å². The second kappa shape index (κ2) is 5.16. The van der Waals surface area contributed by atoms with Crippen LogP contribution in [-0.2, 0) is 16.5 Å². The second-order valence-corrected chi connectivity index (χ2v) is 5.07. The molecule has 3 nitrogen and oxygen atoms in total. The van der Waals surface area contributed by atoms with Crippen molar-refractivity contribution in [1.82, 2.24) is 0 Å². The van der Waals surface area contributed by atoms with Gasteiger partial charge in [0, 0.05) is 0 Å². The quantitative estimate of drug-likeness (QED) is 0.727. The molecule has 0 N–H and O–H groups in total. The first-order valence-electron chi connectivity index (χ1n) is 5.00. The van der Waals surface area contributed by atoms with Crippen LogP contribution in [0.4, 0.5) is 0 Å². The van der Waals surface area contributed by atoms with Crippen LogP contribution in [0.5, 0.6) is 5.75 Å². The molecule has 0 amide bonds. The van der Waals surface area contributed by atoms with Crippen LogP contribution >= 0.6 is 0 Å². The third-order valence-corrected chi connectivity index (χ3v) is 2.50. The van der Waals surface area contributed by atoms with Gasteiger partial charge in [-0.2, -0.15) is 8.42 Å². The van der Waals surface area contributed by atoms with E-state index in [4.69, 9.17) is 4.18 Å². The van der Waals surface area contributed by atoms with Crippen molar-refractivity contribution in [1.29, 1.82) is 0 Å². The van der Waals surface area contributed by atoms with Crippen molar-refractivity contribution in [3.05, 3.63) is 29.8 Å². The first-order valence-corrected chi connectivity index (χ1v) is 6.82. The van der Waals surface area contributed by atoms with Gasteiger partial charge in [0.1, 0.15) is 5.75 Å². The molecular formula is C11H16O3S. The molecular weight excluding hydrogens is 212 g/mol. The zero-order valence-electron chi connectivity index (χ0n) is 9.06. The summed E-state index contributed by atoms with van der Waals surface area (Å²) in [5.41, 5.74) is 0.949. The number of benzene rings is 1. The van der Waals surface area contributed by atoms with Gasteiger partial charge in [0.2, 0.25) is 0 Å². The Morgan fingerprint density at radius 2 is 1.93 bits per heavy atom. The molecule has 15 heavy (non-hydrogen) atoms. The maximum absolute atomic E-state index is 11.0. The number of para-hydroxylation sites is 1. The molecule has 1 aromatic rings. The molecule has 4 heteroatoms. The fraction of sp³-hybridized carbons (Fsp3) is 0.455. The fourth-order valence-electron chi connectivity index (χ4n) is 1.32. The van der Waals surface area contributed by atoms with Crippen LogP contribution in [0.25, 0.3) is 0 Å². The van der Waals surface area contributed by atoms with Gasteiger partial charge in [0.05, 0.1) is 6.26 Å². The molecule has 0 aliphatic carbocycles. The summed E-state index contributed by atoms with van der Waals surface area (Å²) in [7, 11) is -3.42. The van der Waals surface area contributed by atoms with E-state index in [1.165, 1.54) is 0 Å². The summed E-state index contributed by atoms with van der Waals surface area (Å²) in [4.78, 5) is 0. The molecule has 0 aromatic heterocycles. The standard InChI is InChI=1S/C11H16O3S/c1-3-4-7-10-8-5-6-9-11(10)14-15(2,12)13/h5-6,8-9H,3-4,7H2,1-2H3. The van der Waals surface area contributed by atoms with Crippen LogP contribution in [0.15, 0.2) is 24.3 Å². The van der Waals surface area contributed by atoms with Gasteiger partial charge >= 0.3 is 10.1 Å². The first kappa shape index (κ1) is 12.0. The number of hydrogen-bond acceptors (Lipinski definition) is 3. The Balaban J connectivity index is 2.86. The van der Waals surface area contributed by atoms with Crippen molar-refractivity contribution < 1.29 is 12.6 Å². The van der Waals surface area contributed by atoms with Crippen molar-refractivity contribution in [3.8, 4) is 5.75 Å². The third-order valence-electron chi connectivity index (χ3n) is 2.01. The van der Waals surface area contributed by atoms with E-state index >= 15 is 0 Å². The van der Waals surface area contributed by atoms with Gasteiger partial charge < -0.3 is 4.18 Å². The van der Waals surface area contributed by atoms with Gasteiger partial charge in [-0.3, -0.25) is 0 Å². The molecule has 84 valence electrons. The van der Waals surface area contributed by atoms with Gasteiger partial charge in [-0.25, -0.2) is 0 Å². The topological polar surface area (TPSA) is 43.4 Å². The average molecular weight is 228 g/mol. The lowest BCUT2D eigenvalue weighted by atomic mass is 10.1. The predicted molar refractivity (Wildman–Crippen MR) is 60.5 cm³/mol. The average Bonchev–Trinajstić information content (AvgIpc) is 2.14. The highest BCUT2D eigenvalue weighted by molar-refractivity contribution is 7.86. The van der Waals surface area contributed by atoms with Crippen LogP contribution in [-0.4, -0.2) is 14.7 Å². The van der Waals surface area contributed by atoms with Crippen molar-refractivity contribution in [3.63, 3.8) is 0 Å². The SMILES string of the molecule is CCCCc1ccccc1OS(C)(=O)=O. The smallest absolute Gasteiger partial charge is 0.306 e. The van der Waals surface area contributed by atoms with Crippen LogP contribution < -0.4 is 4.18 Å². The third kappa shape index (κ3) is 4.34. The molecule has 0 unspecified atom stereocenters. The Kier molecular flexibility index (Phi) is 4.15. The van der Waals surface area contributed by atoms with Gasteiger partial charge in [-0.1, -0.05) is 31.5 Å². The molecule has 0 atom stereocenters. The minimum atomic E-state index is -3.42. The second-order valence-electron chi connectivity index (χ2n) is 3.50. The van der Waals surface area contributed by atoms with E-state index in [1.807, 2.05) is 12.1 Å². The lowest BCUT2D eigenvalue weighted by Gasteiger charge is -2.08. The number of rotatable bonds is 5. The Bertz CT molecular complexity index is 410. The normalized spacial score (nSPS) is 11.3. The highest BCUT2D eigenvalue weighted by atomic mass is 32.2. The highest BCUT2D eigenvalue weighted by Crippen LogP contribution is 2.21. The van der Waals surface area contributed by atoms with Gasteiger partial charge in [0.25, 0.3) is 0 Å². The molecule has 0 saturated carbocycles. The largest absolute Gasteiger partial charge is 0.382 e. The number of hydrogen-bond donors (Lipinski definition) is 0. The van der Waals surface area contributed by atoms with Crippen molar-refractivity contribution >= 4 is 10.1 Å². The zero-order chi connectivity index (χ0) is 11.3. The summed E-state index contributed by atoms with van der Waals surface area (Å²) in [5, 5.41) is 0. The fourth-order valence-corrected chi connectivity index (χ4v) is 1.81. The molecule has 0 radical (unpaired) electrons. The van der Waals surface area contributed by atoms with Crippen molar-refractivity contribution in [2.75, 3.05) is 6.26 Å². The Hall–Kier alpha value is -1.03. The van der Waals surface area contributed by atoms with Crippen LogP contribution in [0.2, 0.25) is 0 Å². The number of unbranched alkanes of at least 4 members (excludes halogenated alkanes) is 1. The summed E-state index contributed by atoms with van der Waals surface area (Å²) >= 11 is 0.